The van der Waals surface area contributed by atoms with E-state index in [1.54, 1.807) is 19.1 Å². The van der Waals surface area contributed by atoms with Crippen LogP contribution in [0.15, 0.2) is 23.0 Å². The van der Waals surface area contributed by atoms with Gasteiger partial charge in [-0.3, -0.25) is 14.7 Å². The maximum absolute atomic E-state index is 12.1. The first-order valence-corrected chi connectivity index (χ1v) is 6.83. The number of methoxy groups -OCH3 is 1. The van der Waals surface area contributed by atoms with Crippen molar-refractivity contribution in [2.45, 2.75) is 19.3 Å². The zero-order valence-electron chi connectivity index (χ0n) is 12.3. The van der Waals surface area contributed by atoms with Gasteiger partial charge in [-0.25, -0.2) is 0 Å². The molecule has 2 aromatic rings. The van der Waals surface area contributed by atoms with Crippen LogP contribution in [0.1, 0.15) is 29.2 Å². The van der Waals surface area contributed by atoms with Crippen LogP contribution in [0, 0.1) is 6.92 Å². The molecule has 2 N–H and O–H groups in total. The van der Waals surface area contributed by atoms with Crippen LogP contribution in [-0.2, 0) is 9.53 Å². The van der Waals surface area contributed by atoms with Gasteiger partial charge in [0.2, 0.25) is 6.79 Å². The Morgan fingerprint density at radius 2 is 2.09 bits per heavy atom. The molecule has 3 rings (SSSR count). The molecule has 1 atom stereocenters. The first-order valence-electron chi connectivity index (χ1n) is 6.83. The fourth-order valence-corrected chi connectivity index (χ4v) is 2.64. The van der Waals surface area contributed by atoms with E-state index in [1.165, 1.54) is 7.11 Å². The number of nitrogens with one attached hydrogen (secondary N) is 2. The van der Waals surface area contributed by atoms with Crippen LogP contribution in [0.2, 0.25) is 0 Å². The molecule has 0 aliphatic carbocycles. The van der Waals surface area contributed by atoms with Crippen molar-refractivity contribution in [2.75, 3.05) is 13.9 Å². The van der Waals surface area contributed by atoms with Gasteiger partial charge in [-0.2, -0.15) is 0 Å². The molecule has 0 bridgehead atoms. The summed E-state index contributed by atoms with van der Waals surface area (Å²) in [6, 6.07) is 5.40. The standard InChI is InChI=1S/C15H16N2O5/c1-8-14(15(19)17-16-8)10(6-13(18)20-2)9-3-4-11-12(5-9)22-7-21-11/h3-5,10H,6-7H2,1-2H3,(H2,16,17,19). The topological polar surface area (TPSA) is 93.4 Å². The van der Waals surface area contributed by atoms with Crippen LogP contribution in [0.3, 0.4) is 0 Å². The van der Waals surface area contributed by atoms with Gasteiger partial charge in [-0.05, 0) is 24.6 Å². The molecular formula is C15H16N2O5. The average molecular weight is 304 g/mol. The number of rotatable bonds is 4. The van der Waals surface area contributed by atoms with Crippen LogP contribution in [0.5, 0.6) is 11.5 Å². The zero-order valence-corrected chi connectivity index (χ0v) is 12.3. The molecule has 0 spiro atoms. The van der Waals surface area contributed by atoms with E-state index in [9.17, 15) is 9.59 Å². The smallest absolute Gasteiger partial charge is 0.306 e. The summed E-state index contributed by atoms with van der Waals surface area (Å²) in [5.41, 5.74) is 1.76. The van der Waals surface area contributed by atoms with Gasteiger partial charge < -0.3 is 19.3 Å². The highest BCUT2D eigenvalue weighted by Crippen LogP contribution is 2.37. The summed E-state index contributed by atoms with van der Waals surface area (Å²) in [5, 5.41) is 5.33. The highest BCUT2D eigenvalue weighted by Gasteiger charge is 2.26. The Morgan fingerprint density at radius 1 is 1.32 bits per heavy atom. The minimum atomic E-state index is -0.419. The second-order valence-electron chi connectivity index (χ2n) is 5.06. The Bertz CT molecular complexity index is 762. The predicted molar refractivity (Wildman–Crippen MR) is 77.2 cm³/mol. The summed E-state index contributed by atoms with van der Waals surface area (Å²) >= 11 is 0. The Kier molecular flexibility index (Phi) is 3.62. The average Bonchev–Trinajstić information content (AvgIpc) is 3.11. The molecule has 1 aliphatic heterocycles. The summed E-state index contributed by atoms with van der Waals surface area (Å²) in [7, 11) is 1.33. The van der Waals surface area contributed by atoms with E-state index in [1.807, 2.05) is 6.07 Å². The molecular weight excluding hydrogens is 288 g/mol. The molecule has 7 nitrogen and oxygen atoms in total. The van der Waals surface area contributed by atoms with Crippen LogP contribution < -0.4 is 15.0 Å². The Hall–Kier alpha value is -2.70. The van der Waals surface area contributed by atoms with Gasteiger partial charge in [0.15, 0.2) is 11.5 Å². The van der Waals surface area contributed by atoms with Crippen LogP contribution >= 0.6 is 0 Å². The summed E-state index contributed by atoms with van der Waals surface area (Å²) in [4.78, 5) is 23.8. The molecule has 0 saturated heterocycles. The molecule has 22 heavy (non-hydrogen) atoms. The van der Waals surface area contributed by atoms with E-state index in [2.05, 4.69) is 10.2 Å². The molecule has 1 aliphatic rings. The number of carbonyl (C=O) groups is 1. The van der Waals surface area contributed by atoms with E-state index in [0.717, 1.165) is 5.56 Å². The van der Waals surface area contributed by atoms with Crippen molar-refractivity contribution in [3.8, 4) is 11.5 Å². The van der Waals surface area contributed by atoms with E-state index < -0.39 is 5.92 Å². The molecule has 0 radical (unpaired) electrons. The normalized spacial score (nSPS) is 13.9. The minimum absolute atomic E-state index is 0.0674. The lowest BCUT2D eigenvalue weighted by atomic mass is 9.88. The van der Waals surface area contributed by atoms with E-state index in [0.29, 0.717) is 22.8 Å². The Labute approximate surface area is 126 Å². The summed E-state index contributed by atoms with van der Waals surface area (Å²) in [6.45, 7) is 1.95. The largest absolute Gasteiger partial charge is 0.469 e. The van der Waals surface area contributed by atoms with E-state index in [-0.39, 0.29) is 24.7 Å². The second kappa shape index (κ2) is 5.59. The Balaban J connectivity index is 2.05. The van der Waals surface area contributed by atoms with Gasteiger partial charge in [0.05, 0.1) is 13.5 Å². The highest BCUT2D eigenvalue weighted by atomic mass is 16.7. The lowest BCUT2D eigenvalue weighted by Gasteiger charge is -2.15. The molecule has 0 fully saturated rings. The van der Waals surface area contributed by atoms with Gasteiger partial charge >= 0.3 is 5.97 Å². The zero-order chi connectivity index (χ0) is 15.7. The number of ether oxygens (including phenoxy) is 3. The number of fused-ring (bicyclic) bond motifs is 1. The molecule has 0 amide bonds. The maximum atomic E-state index is 12.1. The molecule has 2 heterocycles. The molecule has 1 unspecified atom stereocenters. The monoisotopic (exact) mass is 304 g/mol. The third-order valence-electron chi connectivity index (χ3n) is 3.76. The number of benzene rings is 1. The van der Waals surface area contributed by atoms with Crippen molar-refractivity contribution >= 4 is 5.97 Å². The minimum Gasteiger partial charge on any atom is -0.469 e. The van der Waals surface area contributed by atoms with Crippen molar-refractivity contribution in [2.24, 2.45) is 0 Å². The number of aryl methyl sites for hydroxylation is 1. The number of hydrogen-bond acceptors (Lipinski definition) is 5. The highest BCUT2D eigenvalue weighted by molar-refractivity contribution is 5.71. The number of carbonyl (C=O) groups excluding carboxylic acids is 1. The molecule has 1 aromatic carbocycles. The second-order valence-corrected chi connectivity index (χ2v) is 5.06. The van der Waals surface area contributed by atoms with Crippen molar-refractivity contribution in [3.63, 3.8) is 0 Å². The Morgan fingerprint density at radius 3 is 2.77 bits per heavy atom. The third kappa shape index (κ3) is 2.45. The fourth-order valence-electron chi connectivity index (χ4n) is 2.64. The number of H-pyrrole nitrogens is 2. The molecule has 1 aromatic heterocycles. The van der Waals surface area contributed by atoms with Crippen molar-refractivity contribution < 1.29 is 19.0 Å². The van der Waals surface area contributed by atoms with Crippen molar-refractivity contribution in [1.29, 1.82) is 0 Å². The number of aromatic nitrogens is 2. The van der Waals surface area contributed by atoms with Gasteiger partial charge in [0, 0.05) is 17.2 Å². The summed E-state index contributed by atoms with van der Waals surface area (Å²) in [5.74, 6) is 0.455. The van der Waals surface area contributed by atoms with Gasteiger partial charge in [0.1, 0.15) is 0 Å². The third-order valence-corrected chi connectivity index (χ3v) is 3.76. The van der Waals surface area contributed by atoms with Crippen LogP contribution in [0.25, 0.3) is 0 Å². The molecule has 116 valence electrons. The van der Waals surface area contributed by atoms with Crippen LogP contribution in [-0.4, -0.2) is 30.1 Å². The quantitative estimate of drug-likeness (QED) is 0.834. The van der Waals surface area contributed by atoms with Crippen molar-refractivity contribution in [3.05, 3.63) is 45.4 Å². The van der Waals surface area contributed by atoms with Gasteiger partial charge in [0.25, 0.3) is 5.56 Å². The van der Waals surface area contributed by atoms with Crippen molar-refractivity contribution in [1.82, 2.24) is 10.2 Å². The summed E-state index contributed by atoms with van der Waals surface area (Å²) in [6.07, 6.45) is 0.0674. The number of aromatic amines is 2. The van der Waals surface area contributed by atoms with Gasteiger partial charge in [-0.15, -0.1) is 0 Å². The van der Waals surface area contributed by atoms with Crippen LogP contribution in [0.4, 0.5) is 0 Å². The molecule has 7 heteroatoms. The SMILES string of the molecule is COC(=O)CC(c1ccc2c(c1)OCO2)c1c(C)[nH][nH]c1=O. The lowest BCUT2D eigenvalue weighted by Crippen LogP contribution is -2.17. The summed E-state index contributed by atoms with van der Waals surface area (Å²) < 4.78 is 15.4. The first kappa shape index (κ1) is 14.2. The van der Waals surface area contributed by atoms with E-state index in [4.69, 9.17) is 14.2 Å². The predicted octanol–water partition coefficient (Wildman–Crippen LogP) is 1.44. The first-order chi connectivity index (χ1) is 10.6. The lowest BCUT2D eigenvalue weighted by molar-refractivity contribution is -0.140. The van der Waals surface area contributed by atoms with Gasteiger partial charge in [-0.1, -0.05) is 6.07 Å². The molecule has 0 saturated carbocycles. The number of hydrogen-bond donors (Lipinski definition) is 2. The maximum Gasteiger partial charge on any atom is 0.306 e. The number of esters is 1. The van der Waals surface area contributed by atoms with E-state index >= 15 is 0 Å². The fraction of sp³-hybridized carbons (Fsp3) is 0.333.